The Bertz CT molecular complexity index is 859. The van der Waals surface area contributed by atoms with Gasteiger partial charge in [0, 0.05) is 36.2 Å². The van der Waals surface area contributed by atoms with E-state index in [-0.39, 0.29) is 34.3 Å². The van der Waals surface area contributed by atoms with E-state index in [1.807, 2.05) is 6.92 Å². The van der Waals surface area contributed by atoms with Gasteiger partial charge in [0.1, 0.15) is 18.7 Å². The van der Waals surface area contributed by atoms with Crippen LogP contribution in [-0.2, 0) is 4.79 Å². The fourth-order valence-corrected chi connectivity index (χ4v) is 9.24. The summed E-state index contributed by atoms with van der Waals surface area (Å²) in [5.41, 5.74) is 0.264. The number of rotatable bonds is 2. The molecule has 1 saturated heterocycles. The number of allylic oxidation sites excluding steroid dienone is 1. The monoisotopic (exact) mass is 492 g/mol. The molecule has 4 aliphatic carbocycles. The number of ketones is 1. The molecular weight excluding hydrogens is 454 g/mol. The predicted octanol–water partition coefficient (Wildman–Crippen LogP) is 4.25. The van der Waals surface area contributed by atoms with Crippen molar-refractivity contribution in [1.29, 1.82) is 0 Å². The Morgan fingerprint density at radius 1 is 1.13 bits per heavy atom. The van der Waals surface area contributed by atoms with Crippen LogP contribution in [0.15, 0.2) is 11.6 Å². The molecule has 5 heteroatoms. The number of alkyl halides is 1. The van der Waals surface area contributed by atoms with Crippen LogP contribution in [0.4, 0.5) is 0 Å². The molecule has 1 heterocycles. The first-order chi connectivity index (χ1) is 14.6. The molecule has 3 saturated carbocycles. The molecule has 0 bridgehead atoms. The summed E-state index contributed by atoms with van der Waals surface area (Å²) in [5, 5.41) is 24.3. The molecule has 0 aromatic carbocycles. The number of fused-ring (bicyclic) bond motifs is 5. The van der Waals surface area contributed by atoms with Crippen LogP contribution in [0.3, 0.4) is 0 Å². The summed E-state index contributed by atoms with van der Waals surface area (Å²) in [6, 6.07) is 0. The zero-order valence-corrected chi connectivity index (χ0v) is 21.0. The first-order valence-corrected chi connectivity index (χ1v) is 13.6. The molecular formula is C26H39BrNO3+. The van der Waals surface area contributed by atoms with Crippen molar-refractivity contribution >= 4 is 27.4 Å². The molecule has 0 spiro atoms. The molecule has 1 aliphatic heterocycles. The molecule has 31 heavy (non-hydrogen) atoms. The van der Waals surface area contributed by atoms with E-state index in [2.05, 4.69) is 40.4 Å². The highest BCUT2D eigenvalue weighted by Gasteiger charge is 2.72. The minimum atomic E-state index is -1.29. The van der Waals surface area contributed by atoms with Crippen LogP contribution in [0.2, 0.25) is 0 Å². The van der Waals surface area contributed by atoms with Gasteiger partial charge in [0.25, 0.3) is 0 Å². The fraction of sp³-hybridized carbons (Fsp3) is 0.846. The van der Waals surface area contributed by atoms with E-state index in [0.29, 0.717) is 6.42 Å². The van der Waals surface area contributed by atoms with Crippen molar-refractivity contribution in [2.24, 2.45) is 28.6 Å². The Kier molecular flexibility index (Phi) is 5.20. The standard InChI is InChI=1S/C26H39BrNO3/c1-17-14-21-20-7-6-18-15-19(28-12-4-5-13-28)8-9-23(18,2)25(20,30)11-10-24(21,3)26(17,31)22(29)16-27/h15,17,20-21,30-31H,4-14,16H2,1-3H3/q+1/t17-,20?,21?,23-,24-,25+,26-/m0/s1. The molecule has 4 fully saturated rings. The van der Waals surface area contributed by atoms with Crippen molar-refractivity contribution in [3.05, 3.63) is 11.6 Å². The van der Waals surface area contributed by atoms with Gasteiger partial charge in [-0.1, -0.05) is 42.3 Å². The number of hydrogen-bond donors (Lipinski definition) is 2. The van der Waals surface area contributed by atoms with E-state index in [1.165, 1.54) is 37.2 Å². The number of aliphatic hydroxyl groups is 2. The SMILES string of the molecule is C[C@H]1CC2C3CCC4=CC(=[N+]5CCCC5)CC[C@]4(C)[C@@]3(O)CC[C@]2(C)[C@@]1(O)C(=O)CBr. The summed E-state index contributed by atoms with van der Waals surface area (Å²) >= 11 is 3.32. The quantitative estimate of drug-likeness (QED) is 0.447. The highest BCUT2D eigenvalue weighted by Crippen LogP contribution is 2.70. The van der Waals surface area contributed by atoms with Gasteiger partial charge in [0.05, 0.1) is 10.9 Å². The maximum Gasteiger partial charge on any atom is 0.175 e. The Morgan fingerprint density at radius 3 is 2.52 bits per heavy atom. The highest BCUT2D eigenvalue weighted by atomic mass is 79.9. The van der Waals surface area contributed by atoms with Gasteiger partial charge >= 0.3 is 0 Å². The van der Waals surface area contributed by atoms with Crippen LogP contribution in [0.1, 0.15) is 78.6 Å². The molecule has 5 aliphatic rings. The summed E-state index contributed by atoms with van der Waals surface area (Å²) in [6.45, 7) is 8.84. The number of Topliss-reactive ketones (excluding diaryl/α,β-unsaturated/α-hetero) is 1. The maximum atomic E-state index is 12.9. The lowest BCUT2D eigenvalue weighted by Crippen LogP contribution is -2.66. The molecule has 0 aromatic heterocycles. The van der Waals surface area contributed by atoms with Gasteiger partial charge in [-0.25, -0.2) is 4.58 Å². The highest BCUT2D eigenvalue weighted by molar-refractivity contribution is 9.09. The van der Waals surface area contributed by atoms with Crippen LogP contribution in [0.25, 0.3) is 0 Å². The van der Waals surface area contributed by atoms with E-state index in [9.17, 15) is 15.0 Å². The lowest BCUT2D eigenvalue weighted by Gasteiger charge is -2.63. The third-order valence-electron chi connectivity index (χ3n) is 10.8. The Balaban J connectivity index is 1.52. The number of carbonyl (C=O) groups is 1. The fourth-order valence-electron chi connectivity index (χ4n) is 8.81. The van der Waals surface area contributed by atoms with Gasteiger partial charge in [0.15, 0.2) is 11.5 Å². The summed E-state index contributed by atoms with van der Waals surface area (Å²) in [6.07, 6.45) is 11.3. The van der Waals surface area contributed by atoms with Gasteiger partial charge < -0.3 is 10.2 Å². The molecule has 4 nitrogen and oxygen atoms in total. The van der Waals surface area contributed by atoms with Gasteiger partial charge in [-0.05, 0) is 56.3 Å². The topological polar surface area (TPSA) is 60.5 Å². The maximum absolute atomic E-state index is 12.9. The van der Waals surface area contributed by atoms with Crippen LogP contribution >= 0.6 is 15.9 Å². The minimum absolute atomic E-state index is 0.0684. The largest absolute Gasteiger partial charge is 0.389 e. The second-order valence-electron chi connectivity index (χ2n) is 11.7. The summed E-state index contributed by atoms with van der Waals surface area (Å²) < 4.78 is 2.56. The number of hydrogen-bond acceptors (Lipinski definition) is 3. The molecule has 0 amide bonds. The van der Waals surface area contributed by atoms with Crippen molar-refractivity contribution in [2.45, 2.75) is 89.8 Å². The van der Waals surface area contributed by atoms with Gasteiger partial charge in [0.2, 0.25) is 0 Å². The van der Waals surface area contributed by atoms with Crippen LogP contribution < -0.4 is 0 Å². The Morgan fingerprint density at radius 2 is 1.84 bits per heavy atom. The molecule has 5 rings (SSSR count). The van der Waals surface area contributed by atoms with Crippen molar-refractivity contribution in [1.82, 2.24) is 0 Å². The molecule has 7 atom stereocenters. The van der Waals surface area contributed by atoms with E-state index in [1.54, 1.807) is 0 Å². The average Bonchev–Trinajstić information content (AvgIpc) is 3.35. The van der Waals surface area contributed by atoms with Crippen LogP contribution in [0, 0.1) is 28.6 Å². The van der Waals surface area contributed by atoms with Crippen LogP contribution in [0.5, 0.6) is 0 Å². The van der Waals surface area contributed by atoms with Crippen molar-refractivity contribution < 1.29 is 19.6 Å². The van der Waals surface area contributed by atoms with E-state index in [0.717, 1.165) is 38.5 Å². The molecule has 0 aromatic rings. The third-order valence-corrected chi connectivity index (χ3v) is 11.3. The molecule has 2 N–H and O–H groups in total. The number of halogens is 1. The Labute approximate surface area is 195 Å². The minimum Gasteiger partial charge on any atom is -0.389 e. The zero-order valence-electron chi connectivity index (χ0n) is 19.4. The number of carbonyl (C=O) groups excluding carboxylic acids is 1. The predicted molar refractivity (Wildman–Crippen MR) is 126 cm³/mol. The molecule has 172 valence electrons. The Hall–Kier alpha value is -0.520. The zero-order chi connectivity index (χ0) is 22.2. The van der Waals surface area contributed by atoms with Crippen molar-refractivity contribution in [3.63, 3.8) is 0 Å². The summed E-state index contributed by atoms with van der Waals surface area (Å²) in [5.74, 6) is 0.194. The van der Waals surface area contributed by atoms with Gasteiger partial charge in [-0.15, -0.1) is 0 Å². The van der Waals surface area contributed by atoms with Gasteiger partial charge in [-0.3, -0.25) is 4.79 Å². The lowest BCUT2D eigenvalue weighted by atomic mass is 9.44. The second kappa shape index (κ2) is 7.24. The molecule has 2 unspecified atom stereocenters. The van der Waals surface area contributed by atoms with Gasteiger partial charge in [-0.2, -0.15) is 0 Å². The van der Waals surface area contributed by atoms with Crippen molar-refractivity contribution in [3.8, 4) is 0 Å². The molecule has 0 radical (unpaired) electrons. The first kappa shape index (κ1) is 22.3. The van der Waals surface area contributed by atoms with E-state index >= 15 is 0 Å². The smallest absolute Gasteiger partial charge is 0.175 e. The third kappa shape index (κ3) is 2.72. The lowest BCUT2D eigenvalue weighted by molar-refractivity contribution is -0.506. The van der Waals surface area contributed by atoms with E-state index < -0.39 is 16.6 Å². The normalized spacial score (nSPS) is 49.4. The summed E-state index contributed by atoms with van der Waals surface area (Å²) in [7, 11) is 0. The van der Waals surface area contributed by atoms with E-state index in [4.69, 9.17) is 0 Å². The number of nitrogens with zero attached hydrogens (tertiary/aromatic N) is 1. The van der Waals surface area contributed by atoms with Crippen LogP contribution in [-0.4, -0.2) is 55.9 Å². The first-order valence-electron chi connectivity index (χ1n) is 12.5. The summed E-state index contributed by atoms with van der Waals surface area (Å²) in [4.78, 5) is 12.9. The van der Waals surface area contributed by atoms with Crippen molar-refractivity contribution in [2.75, 3.05) is 18.4 Å². The second-order valence-corrected chi connectivity index (χ2v) is 12.3. The average molecular weight is 494 g/mol.